The molecule has 2 N–H and O–H groups in total. The first-order valence-electron chi connectivity index (χ1n) is 7.29. The van der Waals surface area contributed by atoms with E-state index < -0.39 is 11.7 Å². The fraction of sp³-hybridized carbons (Fsp3) is 0.118. The predicted molar refractivity (Wildman–Crippen MR) is 85.1 cm³/mol. The van der Waals surface area contributed by atoms with E-state index in [2.05, 4.69) is 15.5 Å². The van der Waals surface area contributed by atoms with Gasteiger partial charge in [0.25, 0.3) is 5.91 Å². The van der Waals surface area contributed by atoms with Gasteiger partial charge in [-0.15, -0.1) is 10.2 Å². The second kappa shape index (κ2) is 6.49. The molecule has 0 spiro atoms. The number of rotatable bonds is 4. The van der Waals surface area contributed by atoms with Gasteiger partial charge in [0.05, 0.1) is 5.56 Å². The van der Waals surface area contributed by atoms with Gasteiger partial charge in [-0.3, -0.25) is 4.79 Å². The minimum atomic E-state index is -0.790. The van der Waals surface area contributed by atoms with Crippen LogP contribution in [0.4, 0.5) is 10.1 Å². The summed E-state index contributed by atoms with van der Waals surface area (Å²) in [7, 11) is 0. The summed E-state index contributed by atoms with van der Waals surface area (Å²) >= 11 is 0. The number of aromatic nitrogens is 2. The molecule has 122 valence electrons. The van der Waals surface area contributed by atoms with Crippen molar-refractivity contribution in [3.05, 3.63) is 59.7 Å². The Labute approximate surface area is 137 Å². The van der Waals surface area contributed by atoms with Crippen molar-refractivity contribution in [2.24, 2.45) is 0 Å². The molecule has 0 fully saturated rings. The van der Waals surface area contributed by atoms with Crippen molar-refractivity contribution >= 4 is 11.6 Å². The second-order valence-electron chi connectivity index (χ2n) is 5.05. The van der Waals surface area contributed by atoms with Crippen molar-refractivity contribution in [2.45, 2.75) is 13.3 Å². The number of aromatic hydroxyl groups is 1. The first-order valence-corrected chi connectivity index (χ1v) is 7.29. The van der Waals surface area contributed by atoms with Crippen LogP contribution in [0.25, 0.3) is 11.5 Å². The highest BCUT2D eigenvalue weighted by atomic mass is 19.1. The summed E-state index contributed by atoms with van der Waals surface area (Å²) in [5, 5.41) is 19.6. The molecule has 24 heavy (non-hydrogen) atoms. The zero-order valence-electron chi connectivity index (χ0n) is 12.8. The van der Waals surface area contributed by atoms with E-state index in [-0.39, 0.29) is 11.3 Å². The van der Waals surface area contributed by atoms with E-state index in [9.17, 15) is 14.3 Å². The lowest BCUT2D eigenvalue weighted by molar-refractivity contribution is 0.102. The van der Waals surface area contributed by atoms with Crippen LogP contribution in [-0.4, -0.2) is 21.2 Å². The number of nitrogens with zero attached hydrogens (tertiary/aromatic N) is 2. The van der Waals surface area contributed by atoms with E-state index in [1.165, 1.54) is 12.1 Å². The van der Waals surface area contributed by atoms with E-state index in [0.29, 0.717) is 23.9 Å². The van der Waals surface area contributed by atoms with Gasteiger partial charge in [-0.1, -0.05) is 6.92 Å². The molecule has 3 aromatic rings. The Morgan fingerprint density at radius 1 is 1.21 bits per heavy atom. The molecule has 2 aromatic carbocycles. The Bertz CT molecular complexity index is 875. The normalized spacial score (nSPS) is 10.6. The molecule has 0 aliphatic carbocycles. The number of halogens is 1. The van der Waals surface area contributed by atoms with Gasteiger partial charge < -0.3 is 14.8 Å². The van der Waals surface area contributed by atoms with Crippen molar-refractivity contribution in [1.29, 1.82) is 0 Å². The maximum atomic E-state index is 13.7. The Balaban J connectivity index is 1.75. The molecule has 0 aliphatic heterocycles. The molecule has 0 saturated heterocycles. The van der Waals surface area contributed by atoms with Gasteiger partial charge in [-0.25, -0.2) is 4.39 Å². The average molecular weight is 327 g/mol. The lowest BCUT2D eigenvalue weighted by Crippen LogP contribution is -2.13. The fourth-order valence-electron chi connectivity index (χ4n) is 2.10. The number of amides is 1. The van der Waals surface area contributed by atoms with Crippen LogP contribution in [0.15, 0.2) is 46.9 Å². The van der Waals surface area contributed by atoms with Crippen LogP contribution in [0, 0.1) is 5.82 Å². The van der Waals surface area contributed by atoms with Crippen LogP contribution in [0.2, 0.25) is 0 Å². The number of benzene rings is 2. The van der Waals surface area contributed by atoms with Crippen LogP contribution >= 0.6 is 0 Å². The summed E-state index contributed by atoms with van der Waals surface area (Å²) in [4.78, 5) is 12.1. The van der Waals surface area contributed by atoms with Crippen molar-refractivity contribution in [1.82, 2.24) is 10.2 Å². The minimum Gasteiger partial charge on any atom is -0.508 e. The Kier molecular flexibility index (Phi) is 4.24. The number of carbonyl (C=O) groups is 1. The zero-order valence-corrected chi connectivity index (χ0v) is 12.8. The number of carbonyl (C=O) groups excluding carboxylic acids is 1. The van der Waals surface area contributed by atoms with Gasteiger partial charge in [-0.05, 0) is 36.4 Å². The Hall–Kier alpha value is -3.22. The molecule has 6 nitrogen and oxygen atoms in total. The van der Waals surface area contributed by atoms with Gasteiger partial charge in [-0.2, -0.15) is 0 Å². The van der Waals surface area contributed by atoms with Crippen LogP contribution in [0.5, 0.6) is 5.75 Å². The molecule has 0 radical (unpaired) electrons. The Morgan fingerprint density at radius 2 is 1.96 bits per heavy atom. The number of nitrogens with one attached hydrogen (secondary N) is 1. The lowest BCUT2D eigenvalue weighted by Gasteiger charge is -2.07. The van der Waals surface area contributed by atoms with Crippen LogP contribution < -0.4 is 5.32 Å². The number of hydrogen-bond acceptors (Lipinski definition) is 5. The fourth-order valence-corrected chi connectivity index (χ4v) is 2.10. The molecule has 0 saturated carbocycles. The average Bonchev–Trinajstić information content (AvgIpc) is 3.04. The highest BCUT2D eigenvalue weighted by molar-refractivity contribution is 6.04. The molecule has 3 rings (SSSR count). The van der Waals surface area contributed by atoms with Crippen molar-refractivity contribution in [3.8, 4) is 17.2 Å². The first kappa shape index (κ1) is 15.7. The smallest absolute Gasteiger partial charge is 0.258 e. The number of aryl methyl sites for hydroxylation is 1. The molecular weight excluding hydrogens is 313 g/mol. The molecule has 0 unspecified atom stereocenters. The topological polar surface area (TPSA) is 88.2 Å². The van der Waals surface area contributed by atoms with Crippen LogP contribution in [0.3, 0.4) is 0 Å². The largest absolute Gasteiger partial charge is 0.508 e. The van der Waals surface area contributed by atoms with Gasteiger partial charge in [0.1, 0.15) is 11.6 Å². The first-order chi connectivity index (χ1) is 11.6. The van der Waals surface area contributed by atoms with Crippen molar-refractivity contribution in [3.63, 3.8) is 0 Å². The standard InChI is InChI=1S/C17H14FN3O3/c1-2-15-20-21-17(24-15)10-3-5-11(6-4-10)19-16(23)13-8-7-12(22)9-14(13)18/h3-9,22H,2H2,1H3,(H,19,23). The molecule has 1 heterocycles. The van der Waals surface area contributed by atoms with E-state index in [4.69, 9.17) is 4.42 Å². The minimum absolute atomic E-state index is 0.152. The van der Waals surface area contributed by atoms with Gasteiger partial charge in [0, 0.05) is 23.7 Å². The molecule has 1 aromatic heterocycles. The molecule has 7 heteroatoms. The predicted octanol–water partition coefficient (Wildman–Crippen LogP) is 3.40. The zero-order chi connectivity index (χ0) is 17.1. The molecule has 0 aliphatic rings. The number of hydrogen-bond donors (Lipinski definition) is 2. The summed E-state index contributed by atoms with van der Waals surface area (Å²) in [5.74, 6) is -0.688. The van der Waals surface area contributed by atoms with E-state index >= 15 is 0 Å². The second-order valence-corrected chi connectivity index (χ2v) is 5.05. The quantitative estimate of drug-likeness (QED) is 0.767. The van der Waals surface area contributed by atoms with Crippen LogP contribution in [-0.2, 0) is 6.42 Å². The number of phenols is 1. The highest BCUT2D eigenvalue weighted by Crippen LogP contribution is 2.21. The van der Waals surface area contributed by atoms with Gasteiger partial charge in [0.2, 0.25) is 11.8 Å². The Morgan fingerprint density at radius 3 is 2.58 bits per heavy atom. The van der Waals surface area contributed by atoms with Gasteiger partial charge in [0.15, 0.2) is 0 Å². The van der Waals surface area contributed by atoms with Crippen molar-refractivity contribution < 1.29 is 18.7 Å². The summed E-state index contributed by atoms with van der Waals surface area (Å²) in [5.41, 5.74) is 1.06. The summed E-state index contributed by atoms with van der Waals surface area (Å²) in [6.07, 6.45) is 0.652. The van der Waals surface area contributed by atoms with Crippen LogP contribution in [0.1, 0.15) is 23.2 Å². The van der Waals surface area contributed by atoms with E-state index in [1.807, 2.05) is 6.92 Å². The summed E-state index contributed by atoms with van der Waals surface area (Å²) < 4.78 is 19.1. The maximum absolute atomic E-state index is 13.7. The van der Waals surface area contributed by atoms with E-state index in [0.717, 1.165) is 11.6 Å². The lowest BCUT2D eigenvalue weighted by atomic mass is 10.1. The summed E-state index contributed by atoms with van der Waals surface area (Å²) in [6.45, 7) is 1.92. The maximum Gasteiger partial charge on any atom is 0.258 e. The third kappa shape index (κ3) is 3.24. The van der Waals surface area contributed by atoms with Gasteiger partial charge >= 0.3 is 0 Å². The third-order valence-corrected chi connectivity index (χ3v) is 3.36. The van der Waals surface area contributed by atoms with Crippen molar-refractivity contribution in [2.75, 3.05) is 5.32 Å². The summed E-state index contributed by atoms with van der Waals surface area (Å²) in [6, 6.07) is 10.1. The third-order valence-electron chi connectivity index (χ3n) is 3.36. The molecule has 0 bridgehead atoms. The number of phenolic OH excluding ortho intramolecular Hbond substituents is 1. The molecule has 1 amide bonds. The number of anilines is 1. The molecule has 0 atom stereocenters. The monoisotopic (exact) mass is 327 g/mol. The molecular formula is C17H14FN3O3. The highest BCUT2D eigenvalue weighted by Gasteiger charge is 2.13. The van der Waals surface area contributed by atoms with E-state index in [1.54, 1.807) is 24.3 Å². The SMILES string of the molecule is CCc1nnc(-c2ccc(NC(=O)c3ccc(O)cc3F)cc2)o1.